The third-order valence-electron chi connectivity index (χ3n) is 7.49. The SMILES string of the molecule is O=[N+]([O-])c1ccc(CN2CC[C@]34C[C@@H](O)CCC3C2Cc2ccc(O)cc24)cc1. The van der Waals surface area contributed by atoms with Crippen LogP contribution in [0.3, 0.4) is 0 Å². The molecule has 1 saturated heterocycles. The van der Waals surface area contributed by atoms with Crippen molar-refractivity contribution >= 4 is 5.69 Å². The summed E-state index contributed by atoms with van der Waals surface area (Å²) in [6, 6.07) is 13.0. The van der Waals surface area contributed by atoms with Gasteiger partial charge in [0.2, 0.25) is 0 Å². The van der Waals surface area contributed by atoms with E-state index in [1.54, 1.807) is 18.2 Å². The molecule has 6 heteroatoms. The summed E-state index contributed by atoms with van der Waals surface area (Å²) >= 11 is 0. The second-order valence-electron chi connectivity index (χ2n) is 8.95. The standard InChI is InChI=1S/C23H26N2O4/c26-18-6-3-16-11-22-20-8-7-19(27)13-23(20,21(16)12-18)9-10-24(22)14-15-1-4-17(5-2-15)25(28)29/h1-6,12,19-20,22,26-27H,7-11,13-14H2/t19-,20?,22?,23-/m0/s1. The number of phenolic OH excluding ortho intramolecular Hbond substituents is 1. The lowest BCUT2D eigenvalue weighted by atomic mass is 9.52. The van der Waals surface area contributed by atoms with Gasteiger partial charge in [0.25, 0.3) is 5.69 Å². The number of aliphatic hydroxyl groups is 1. The largest absolute Gasteiger partial charge is 0.508 e. The number of hydrogen-bond acceptors (Lipinski definition) is 5. The van der Waals surface area contributed by atoms with E-state index in [-0.39, 0.29) is 22.1 Å². The molecule has 1 aliphatic heterocycles. The molecule has 3 aliphatic rings. The molecule has 0 aromatic heterocycles. The van der Waals surface area contributed by atoms with Gasteiger partial charge in [0.1, 0.15) is 5.75 Å². The van der Waals surface area contributed by atoms with Gasteiger partial charge in [-0.2, -0.15) is 0 Å². The minimum atomic E-state index is -0.361. The second kappa shape index (κ2) is 6.82. The van der Waals surface area contributed by atoms with Gasteiger partial charge in [-0.05, 0) is 73.4 Å². The summed E-state index contributed by atoms with van der Waals surface area (Å²) in [6.45, 7) is 1.71. The molecular weight excluding hydrogens is 368 g/mol. The fraction of sp³-hybridized carbons (Fsp3) is 0.478. The monoisotopic (exact) mass is 394 g/mol. The average molecular weight is 394 g/mol. The van der Waals surface area contributed by atoms with E-state index in [1.165, 1.54) is 11.1 Å². The molecule has 4 atom stereocenters. The summed E-state index contributed by atoms with van der Waals surface area (Å²) in [7, 11) is 0. The van der Waals surface area contributed by atoms with Crippen LogP contribution in [-0.4, -0.2) is 38.7 Å². The number of fused-ring (bicyclic) bond motifs is 1. The summed E-state index contributed by atoms with van der Waals surface area (Å²) in [6.07, 6.45) is 4.25. The highest BCUT2D eigenvalue weighted by Gasteiger charge is 2.55. The number of nitro benzene ring substituents is 1. The Morgan fingerprint density at radius 1 is 1.17 bits per heavy atom. The molecule has 1 saturated carbocycles. The first-order valence-electron chi connectivity index (χ1n) is 10.4. The van der Waals surface area contributed by atoms with E-state index in [0.717, 1.165) is 50.8 Å². The fourth-order valence-electron chi connectivity index (χ4n) is 6.23. The number of likely N-dealkylation sites (tertiary alicyclic amines) is 1. The minimum Gasteiger partial charge on any atom is -0.508 e. The number of nitrogens with zero attached hydrogens (tertiary/aromatic N) is 2. The van der Waals surface area contributed by atoms with Crippen LogP contribution in [0.5, 0.6) is 5.75 Å². The maximum absolute atomic E-state index is 10.9. The van der Waals surface area contributed by atoms with Crippen LogP contribution in [0.1, 0.15) is 42.4 Å². The van der Waals surface area contributed by atoms with E-state index in [1.807, 2.05) is 24.3 Å². The van der Waals surface area contributed by atoms with Crippen molar-refractivity contribution in [1.82, 2.24) is 4.90 Å². The molecule has 2 aromatic rings. The zero-order valence-corrected chi connectivity index (χ0v) is 16.3. The predicted molar refractivity (Wildman–Crippen MR) is 109 cm³/mol. The van der Waals surface area contributed by atoms with Gasteiger partial charge >= 0.3 is 0 Å². The van der Waals surface area contributed by atoms with Crippen molar-refractivity contribution in [3.63, 3.8) is 0 Å². The number of phenols is 1. The Bertz CT molecular complexity index is 944. The molecule has 29 heavy (non-hydrogen) atoms. The molecule has 2 N–H and O–H groups in total. The number of piperidine rings is 1. The molecule has 2 bridgehead atoms. The van der Waals surface area contributed by atoms with Gasteiger partial charge < -0.3 is 10.2 Å². The topological polar surface area (TPSA) is 86.8 Å². The van der Waals surface area contributed by atoms with Crippen LogP contribution >= 0.6 is 0 Å². The molecule has 0 radical (unpaired) electrons. The summed E-state index contributed by atoms with van der Waals surface area (Å²) in [5.74, 6) is 0.774. The molecule has 1 heterocycles. The molecule has 2 aliphatic carbocycles. The second-order valence-corrected chi connectivity index (χ2v) is 8.95. The minimum absolute atomic E-state index is 0.0549. The first-order chi connectivity index (χ1) is 14.0. The van der Waals surface area contributed by atoms with Crippen LogP contribution in [0.25, 0.3) is 0 Å². The molecule has 6 nitrogen and oxygen atoms in total. The van der Waals surface area contributed by atoms with Crippen molar-refractivity contribution in [3.05, 3.63) is 69.3 Å². The smallest absolute Gasteiger partial charge is 0.269 e. The normalized spacial score (nSPS) is 31.0. The fourth-order valence-corrected chi connectivity index (χ4v) is 6.23. The highest BCUT2D eigenvalue weighted by molar-refractivity contribution is 5.45. The maximum Gasteiger partial charge on any atom is 0.269 e. The van der Waals surface area contributed by atoms with Crippen molar-refractivity contribution in [3.8, 4) is 5.75 Å². The third-order valence-corrected chi connectivity index (χ3v) is 7.49. The van der Waals surface area contributed by atoms with Gasteiger partial charge in [0.15, 0.2) is 0 Å². The average Bonchev–Trinajstić information content (AvgIpc) is 2.70. The van der Waals surface area contributed by atoms with Crippen molar-refractivity contribution in [2.75, 3.05) is 6.54 Å². The van der Waals surface area contributed by atoms with E-state index in [9.17, 15) is 20.3 Å². The number of nitro groups is 1. The molecule has 0 spiro atoms. The lowest BCUT2D eigenvalue weighted by molar-refractivity contribution is -0.384. The van der Waals surface area contributed by atoms with Crippen LogP contribution < -0.4 is 0 Å². The summed E-state index contributed by atoms with van der Waals surface area (Å²) in [5, 5.41) is 31.5. The van der Waals surface area contributed by atoms with E-state index in [0.29, 0.717) is 17.7 Å². The quantitative estimate of drug-likeness (QED) is 0.614. The van der Waals surface area contributed by atoms with Gasteiger partial charge in [-0.1, -0.05) is 18.2 Å². The van der Waals surface area contributed by atoms with E-state index < -0.39 is 0 Å². The highest BCUT2D eigenvalue weighted by Crippen LogP contribution is 2.56. The Labute approximate surface area is 169 Å². The molecule has 2 fully saturated rings. The van der Waals surface area contributed by atoms with Gasteiger partial charge in [-0.15, -0.1) is 0 Å². The first-order valence-corrected chi connectivity index (χ1v) is 10.4. The number of aromatic hydroxyl groups is 1. The van der Waals surface area contributed by atoms with Crippen molar-refractivity contribution in [1.29, 1.82) is 0 Å². The van der Waals surface area contributed by atoms with Crippen LogP contribution in [0.2, 0.25) is 0 Å². The van der Waals surface area contributed by atoms with E-state index >= 15 is 0 Å². The molecule has 0 amide bonds. The first kappa shape index (κ1) is 18.6. The highest BCUT2D eigenvalue weighted by atomic mass is 16.6. The number of rotatable bonds is 3. The summed E-state index contributed by atoms with van der Waals surface area (Å²) in [4.78, 5) is 13.1. The number of hydrogen-bond donors (Lipinski definition) is 2. The van der Waals surface area contributed by atoms with E-state index in [4.69, 9.17) is 0 Å². The predicted octanol–water partition coefficient (Wildman–Crippen LogP) is 3.53. The zero-order chi connectivity index (χ0) is 20.2. The Morgan fingerprint density at radius 2 is 1.97 bits per heavy atom. The van der Waals surface area contributed by atoms with Crippen molar-refractivity contribution in [2.24, 2.45) is 5.92 Å². The van der Waals surface area contributed by atoms with Gasteiger partial charge in [-0.25, -0.2) is 0 Å². The Morgan fingerprint density at radius 3 is 2.72 bits per heavy atom. The van der Waals surface area contributed by atoms with Gasteiger partial charge in [0, 0.05) is 30.1 Å². The Balaban J connectivity index is 1.47. The summed E-state index contributed by atoms with van der Waals surface area (Å²) < 4.78 is 0. The van der Waals surface area contributed by atoms with E-state index in [2.05, 4.69) is 4.90 Å². The van der Waals surface area contributed by atoms with Crippen LogP contribution in [0.4, 0.5) is 5.69 Å². The van der Waals surface area contributed by atoms with Gasteiger partial charge in [0.05, 0.1) is 11.0 Å². The molecule has 152 valence electrons. The number of benzene rings is 2. The Hall–Kier alpha value is -2.44. The van der Waals surface area contributed by atoms with Crippen LogP contribution in [-0.2, 0) is 18.4 Å². The lowest BCUT2D eigenvalue weighted by Crippen LogP contribution is -2.62. The van der Waals surface area contributed by atoms with Crippen molar-refractivity contribution < 1.29 is 15.1 Å². The lowest BCUT2D eigenvalue weighted by Gasteiger charge is -2.59. The number of non-ortho nitro benzene ring substituents is 1. The van der Waals surface area contributed by atoms with Crippen LogP contribution in [0.15, 0.2) is 42.5 Å². The molecular formula is C23H26N2O4. The summed E-state index contributed by atoms with van der Waals surface area (Å²) in [5.41, 5.74) is 3.69. The number of aliphatic hydroxyl groups excluding tert-OH is 1. The Kier molecular flexibility index (Phi) is 4.37. The molecule has 2 unspecified atom stereocenters. The maximum atomic E-state index is 10.9. The molecule has 2 aromatic carbocycles. The molecule has 5 rings (SSSR count). The zero-order valence-electron chi connectivity index (χ0n) is 16.3. The van der Waals surface area contributed by atoms with Gasteiger partial charge in [-0.3, -0.25) is 15.0 Å². The third kappa shape index (κ3) is 3.02. The van der Waals surface area contributed by atoms with Crippen LogP contribution in [0, 0.1) is 16.0 Å². The van der Waals surface area contributed by atoms with Crippen molar-refractivity contribution in [2.45, 2.75) is 56.2 Å².